The average molecular weight is 208 g/mol. The third-order valence-electron chi connectivity index (χ3n) is 2.22. The topological polar surface area (TPSA) is 80.9 Å². The quantitative estimate of drug-likeness (QED) is 0.749. The summed E-state index contributed by atoms with van der Waals surface area (Å²) >= 11 is 0. The minimum absolute atomic E-state index is 0.0622. The van der Waals surface area contributed by atoms with Crippen LogP contribution in [0.5, 0.6) is 0 Å². The molecule has 0 fully saturated rings. The fourth-order valence-electron chi connectivity index (χ4n) is 1.21. The Morgan fingerprint density at radius 1 is 1.60 bits per heavy atom. The van der Waals surface area contributed by atoms with E-state index in [1.807, 2.05) is 6.92 Å². The molecule has 5 heteroatoms. The molecule has 0 aliphatic heterocycles. The first kappa shape index (κ1) is 11.6. The van der Waals surface area contributed by atoms with Crippen LogP contribution in [0.1, 0.15) is 19.8 Å². The molecule has 1 unspecified atom stereocenters. The van der Waals surface area contributed by atoms with Crippen molar-refractivity contribution >= 4 is 11.7 Å². The number of amides is 1. The van der Waals surface area contributed by atoms with Crippen molar-refractivity contribution in [1.29, 1.82) is 0 Å². The number of anilines is 1. The van der Waals surface area contributed by atoms with Crippen molar-refractivity contribution in [3.63, 3.8) is 0 Å². The lowest BCUT2D eigenvalue weighted by molar-refractivity contribution is -0.117. The molecule has 15 heavy (non-hydrogen) atoms. The Labute approximate surface area is 89.1 Å². The fraction of sp³-hybridized carbons (Fsp3) is 0.500. The molecule has 0 bridgehead atoms. The van der Waals surface area contributed by atoms with Crippen LogP contribution in [0.4, 0.5) is 5.82 Å². The Morgan fingerprint density at radius 2 is 2.40 bits per heavy atom. The predicted octanol–water partition coefficient (Wildman–Crippen LogP) is 0.790. The molecular formula is C10H16N4O. The number of nitrogens with two attached hydrogens (primary N) is 1. The lowest BCUT2D eigenvalue weighted by Crippen LogP contribution is -2.22. The zero-order valence-electron chi connectivity index (χ0n) is 8.81. The van der Waals surface area contributed by atoms with E-state index in [-0.39, 0.29) is 11.8 Å². The van der Waals surface area contributed by atoms with Gasteiger partial charge in [-0.2, -0.15) is 0 Å². The fourth-order valence-corrected chi connectivity index (χ4v) is 1.21. The van der Waals surface area contributed by atoms with Gasteiger partial charge in [-0.15, -0.1) is 0 Å². The van der Waals surface area contributed by atoms with Crippen LogP contribution in [0, 0.1) is 5.92 Å². The van der Waals surface area contributed by atoms with Gasteiger partial charge in [-0.05, 0) is 12.5 Å². The second-order valence-electron chi connectivity index (χ2n) is 3.35. The number of carbonyl (C=O) groups is 1. The van der Waals surface area contributed by atoms with Gasteiger partial charge in [0.25, 0.3) is 0 Å². The van der Waals surface area contributed by atoms with Crippen LogP contribution in [-0.2, 0) is 4.79 Å². The largest absolute Gasteiger partial charge is 0.330 e. The Morgan fingerprint density at radius 3 is 2.93 bits per heavy atom. The van der Waals surface area contributed by atoms with Crippen LogP contribution in [0.3, 0.4) is 0 Å². The summed E-state index contributed by atoms with van der Waals surface area (Å²) in [6, 6.07) is 0. The van der Waals surface area contributed by atoms with Crippen molar-refractivity contribution in [1.82, 2.24) is 9.97 Å². The van der Waals surface area contributed by atoms with E-state index < -0.39 is 0 Å². The first-order chi connectivity index (χ1) is 7.26. The van der Waals surface area contributed by atoms with Crippen molar-refractivity contribution < 1.29 is 4.79 Å². The molecule has 0 saturated carbocycles. The number of nitrogens with zero attached hydrogens (tertiary/aromatic N) is 2. The SMILES string of the molecule is CCC(CN)CC(=O)Nc1cnccn1. The summed E-state index contributed by atoms with van der Waals surface area (Å²) in [6.07, 6.45) is 5.95. The second kappa shape index (κ2) is 6.08. The highest BCUT2D eigenvalue weighted by Crippen LogP contribution is 2.07. The normalized spacial score (nSPS) is 12.1. The summed E-state index contributed by atoms with van der Waals surface area (Å²) in [5.41, 5.74) is 5.52. The van der Waals surface area contributed by atoms with Gasteiger partial charge >= 0.3 is 0 Å². The molecule has 0 aliphatic carbocycles. The molecule has 1 heterocycles. The maximum absolute atomic E-state index is 11.5. The minimum atomic E-state index is -0.0622. The second-order valence-corrected chi connectivity index (χ2v) is 3.35. The van der Waals surface area contributed by atoms with Gasteiger partial charge in [0.2, 0.25) is 5.91 Å². The van der Waals surface area contributed by atoms with Crippen LogP contribution in [0.15, 0.2) is 18.6 Å². The van der Waals surface area contributed by atoms with E-state index in [9.17, 15) is 4.79 Å². The van der Waals surface area contributed by atoms with E-state index in [1.165, 1.54) is 12.4 Å². The molecule has 1 amide bonds. The van der Waals surface area contributed by atoms with Crippen LogP contribution < -0.4 is 11.1 Å². The molecule has 5 nitrogen and oxygen atoms in total. The number of rotatable bonds is 5. The molecule has 1 atom stereocenters. The van der Waals surface area contributed by atoms with Crippen molar-refractivity contribution in [3.05, 3.63) is 18.6 Å². The zero-order valence-corrected chi connectivity index (χ0v) is 8.81. The summed E-state index contributed by atoms with van der Waals surface area (Å²) < 4.78 is 0. The van der Waals surface area contributed by atoms with Crippen LogP contribution >= 0.6 is 0 Å². The van der Waals surface area contributed by atoms with E-state index in [0.29, 0.717) is 18.8 Å². The molecule has 0 saturated heterocycles. The number of aromatic nitrogens is 2. The lowest BCUT2D eigenvalue weighted by Gasteiger charge is -2.11. The van der Waals surface area contributed by atoms with Gasteiger partial charge in [0.1, 0.15) is 0 Å². The third-order valence-corrected chi connectivity index (χ3v) is 2.22. The molecule has 1 aromatic rings. The van der Waals surface area contributed by atoms with Crippen molar-refractivity contribution in [2.75, 3.05) is 11.9 Å². The van der Waals surface area contributed by atoms with Crippen molar-refractivity contribution in [2.45, 2.75) is 19.8 Å². The molecular weight excluding hydrogens is 192 g/mol. The highest BCUT2D eigenvalue weighted by Gasteiger charge is 2.10. The Bertz CT molecular complexity index is 298. The van der Waals surface area contributed by atoms with E-state index >= 15 is 0 Å². The smallest absolute Gasteiger partial charge is 0.225 e. The zero-order chi connectivity index (χ0) is 11.1. The highest BCUT2D eigenvalue weighted by molar-refractivity contribution is 5.89. The van der Waals surface area contributed by atoms with Gasteiger partial charge in [0, 0.05) is 18.8 Å². The molecule has 3 N–H and O–H groups in total. The number of nitrogens with one attached hydrogen (secondary N) is 1. The summed E-state index contributed by atoms with van der Waals surface area (Å²) in [6.45, 7) is 2.55. The van der Waals surface area contributed by atoms with Crippen molar-refractivity contribution in [3.8, 4) is 0 Å². The summed E-state index contributed by atoms with van der Waals surface area (Å²) in [5.74, 6) is 0.656. The average Bonchev–Trinajstić information content (AvgIpc) is 2.27. The lowest BCUT2D eigenvalue weighted by atomic mass is 10.0. The van der Waals surface area contributed by atoms with E-state index in [4.69, 9.17) is 5.73 Å². The van der Waals surface area contributed by atoms with E-state index in [0.717, 1.165) is 6.42 Å². The highest BCUT2D eigenvalue weighted by atomic mass is 16.1. The minimum Gasteiger partial charge on any atom is -0.330 e. The molecule has 0 aliphatic rings. The van der Waals surface area contributed by atoms with Crippen LogP contribution in [-0.4, -0.2) is 22.4 Å². The Hall–Kier alpha value is -1.49. The summed E-state index contributed by atoms with van der Waals surface area (Å²) in [4.78, 5) is 19.3. The van der Waals surface area contributed by atoms with Crippen LogP contribution in [0.25, 0.3) is 0 Å². The van der Waals surface area contributed by atoms with E-state index in [2.05, 4.69) is 15.3 Å². The maximum Gasteiger partial charge on any atom is 0.225 e. The van der Waals surface area contributed by atoms with Gasteiger partial charge in [-0.3, -0.25) is 9.78 Å². The van der Waals surface area contributed by atoms with Gasteiger partial charge in [0.05, 0.1) is 6.20 Å². The van der Waals surface area contributed by atoms with Gasteiger partial charge < -0.3 is 11.1 Å². The van der Waals surface area contributed by atoms with Gasteiger partial charge in [0.15, 0.2) is 5.82 Å². The van der Waals surface area contributed by atoms with E-state index in [1.54, 1.807) is 6.20 Å². The predicted molar refractivity (Wildman–Crippen MR) is 58.1 cm³/mol. The summed E-state index contributed by atoms with van der Waals surface area (Å²) in [7, 11) is 0. The van der Waals surface area contributed by atoms with Crippen LogP contribution in [0.2, 0.25) is 0 Å². The molecule has 0 radical (unpaired) electrons. The van der Waals surface area contributed by atoms with Gasteiger partial charge in [-0.25, -0.2) is 4.98 Å². The third kappa shape index (κ3) is 4.03. The Balaban J connectivity index is 2.43. The molecule has 82 valence electrons. The number of hydrogen-bond acceptors (Lipinski definition) is 4. The standard InChI is InChI=1S/C10H16N4O/c1-2-8(6-11)5-10(15)14-9-7-12-3-4-13-9/h3-4,7-8H,2,5-6,11H2,1H3,(H,13,14,15). The molecule has 1 aromatic heterocycles. The Kier molecular flexibility index (Phi) is 4.70. The number of carbonyl (C=O) groups excluding carboxylic acids is 1. The number of hydrogen-bond donors (Lipinski definition) is 2. The first-order valence-electron chi connectivity index (χ1n) is 5.02. The monoisotopic (exact) mass is 208 g/mol. The maximum atomic E-state index is 11.5. The molecule has 1 rings (SSSR count). The molecule has 0 spiro atoms. The van der Waals surface area contributed by atoms with Gasteiger partial charge in [-0.1, -0.05) is 13.3 Å². The molecule has 0 aromatic carbocycles. The summed E-state index contributed by atoms with van der Waals surface area (Å²) in [5, 5.41) is 2.67. The first-order valence-corrected chi connectivity index (χ1v) is 5.02. The van der Waals surface area contributed by atoms with Crippen molar-refractivity contribution in [2.24, 2.45) is 11.7 Å².